The molecule has 8 heteroatoms. The number of benzene rings is 2. The second-order valence-electron chi connectivity index (χ2n) is 8.39. The van der Waals surface area contributed by atoms with Crippen LogP contribution in [-0.4, -0.2) is 62.7 Å². The minimum absolute atomic E-state index is 0.194. The fraction of sp³-hybridized carbons (Fsp3) is 0.458. The first kappa shape index (κ1) is 23.5. The lowest BCUT2D eigenvalue weighted by molar-refractivity contribution is -0.155. The molecule has 1 saturated carbocycles. The molecule has 2 fully saturated rings. The predicted molar refractivity (Wildman–Crippen MR) is 121 cm³/mol. The molecule has 1 aliphatic heterocycles. The molecule has 0 radical (unpaired) electrons. The molecule has 6 nitrogen and oxygen atoms in total. The Morgan fingerprint density at radius 2 is 1.56 bits per heavy atom. The second-order valence-corrected chi connectivity index (χ2v) is 9.51. The molecule has 2 aromatic rings. The van der Waals surface area contributed by atoms with Gasteiger partial charge in [-0.1, -0.05) is 42.5 Å². The van der Waals surface area contributed by atoms with Crippen molar-refractivity contribution in [1.29, 1.82) is 0 Å². The monoisotopic (exact) mass is 480 g/mol. The molecule has 1 saturated heterocycles. The van der Waals surface area contributed by atoms with Crippen LogP contribution in [0.3, 0.4) is 0 Å². The molecule has 172 valence electrons. The second kappa shape index (κ2) is 10.1. The number of halogens is 2. The number of alkyl halides is 2. The topological polar surface area (TPSA) is 96.2 Å². The van der Waals surface area contributed by atoms with E-state index in [1.165, 1.54) is 0 Å². The van der Waals surface area contributed by atoms with Gasteiger partial charge in [0.15, 0.2) is 6.29 Å². The van der Waals surface area contributed by atoms with Gasteiger partial charge in [-0.15, -0.1) is 23.2 Å². The van der Waals surface area contributed by atoms with Crippen molar-refractivity contribution in [3.05, 3.63) is 60.2 Å². The Morgan fingerprint density at radius 1 is 0.906 bits per heavy atom. The van der Waals surface area contributed by atoms with E-state index < -0.39 is 36.7 Å². The zero-order chi connectivity index (χ0) is 22.8. The number of rotatable bonds is 5. The quantitative estimate of drug-likeness (QED) is 0.448. The average molecular weight is 481 g/mol. The Balaban J connectivity index is 1.53. The van der Waals surface area contributed by atoms with Gasteiger partial charge in [0, 0.05) is 11.3 Å². The van der Waals surface area contributed by atoms with Gasteiger partial charge in [-0.25, -0.2) is 4.79 Å². The highest BCUT2D eigenvalue weighted by Gasteiger charge is 2.50. The fourth-order valence-corrected chi connectivity index (χ4v) is 5.00. The molecule has 0 amide bonds. The summed E-state index contributed by atoms with van der Waals surface area (Å²) in [5.41, 5.74) is 2.34. The number of aliphatic hydroxyl groups is 3. The van der Waals surface area contributed by atoms with Crippen LogP contribution in [0.2, 0.25) is 0 Å². The van der Waals surface area contributed by atoms with E-state index in [0.717, 1.165) is 11.1 Å². The largest absolute Gasteiger partial charge is 0.456 e. The molecule has 3 N–H and O–H groups in total. The number of aliphatic hydroxyl groups excluding tert-OH is 3. The Bertz CT molecular complexity index is 908. The summed E-state index contributed by atoms with van der Waals surface area (Å²) < 4.78 is 11.2. The highest BCUT2D eigenvalue weighted by Crippen LogP contribution is 2.38. The van der Waals surface area contributed by atoms with Crippen LogP contribution in [0.5, 0.6) is 0 Å². The number of ether oxygens (including phenoxy) is 2. The van der Waals surface area contributed by atoms with Crippen LogP contribution in [0.4, 0.5) is 0 Å². The van der Waals surface area contributed by atoms with Crippen molar-refractivity contribution in [2.45, 2.75) is 60.7 Å². The van der Waals surface area contributed by atoms with E-state index in [9.17, 15) is 20.1 Å². The summed E-state index contributed by atoms with van der Waals surface area (Å²) in [5, 5.41) is 29.7. The first-order chi connectivity index (χ1) is 15.3. The molecule has 8 atom stereocenters. The summed E-state index contributed by atoms with van der Waals surface area (Å²) in [6.07, 6.45) is -4.73. The third-order valence-electron chi connectivity index (χ3n) is 6.27. The third kappa shape index (κ3) is 4.96. The smallest absolute Gasteiger partial charge is 0.338 e. The average Bonchev–Trinajstić information content (AvgIpc) is 3.07. The molecule has 0 bridgehead atoms. The number of esters is 1. The van der Waals surface area contributed by atoms with Crippen molar-refractivity contribution < 1.29 is 29.6 Å². The lowest BCUT2D eigenvalue weighted by Crippen LogP contribution is -2.47. The molecule has 1 heterocycles. The van der Waals surface area contributed by atoms with Crippen LogP contribution in [0, 0.1) is 5.92 Å². The molecular formula is C24H26Cl2O6. The normalized spacial score (nSPS) is 33.6. The summed E-state index contributed by atoms with van der Waals surface area (Å²) >= 11 is 12.6. The molecule has 2 aliphatic rings. The molecule has 4 rings (SSSR count). The van der Waals surface area contributed by atoms with Gasteiger partial charge >= 0.3 is 5.97 Å². The highest BCUT2D eigenvalue weighted by atomic mass is 35.5. The Morgan fingerprint density at radius 3 is 2.16 bits per heavy atom. The summed E-state index contributed by atoms with van der Waals surface area (Å²) in [5.74, 6) is -0.822. The van der Waals surface area contributed by atoms with E-state index in [0.29, 0.717) is 24.8 Å². The number of carbonyl (C=O) groups is 1. The SMILES string of the molecule is O=C(O[C@H](C1CCC(Cl)C(Cl)C1)[C@H]1OC(O)[C@H](O)[C@@H]1O)c1ccc(-c2ccccc2)cc1. The van der Waals surface area contributed by atoms with Crippen LogP contribution in [-0.2, 0) is 9.47 Å². The zero-order valence-electron chi connectivity index (χ0n) is 17.3. The van der Waals surface area contributed by atoms with E-state index in [4.69, 9.17) is 32.7 Å². The van der Waals surface area contributed by atoms with E-state index >= 15 is 0 Å². The molecule has 2 aromatic carbocycles. The van der Waals surface area contributed by atoms with Crippen LogP contribution in [0.15, 0.2) is 54.6 Å². The minimum Gasteiger partial charge on any atom is -0.456 e. The molecule has 4 unspecified atom stereocenters. The summed E-state index contributed by atoms with van der Waals surface area (Å²) in [7, 11) is 0. The van der Waals surface area contributed by atoms with Gasteiger partial charge in [0.05, 0.1) is 10.9 Å². The Kier molecular flexibility index (Phi) is 7.40. The summed E-state index contributed by atoms with van der Waals surface area (Å²) in [4.78, 5) is 13.0. The minimum atomic E-state index is -1.56. The number of carbonyl (C=O) groups excluding carboxylic acids is 1. The maximum absolute atomic E-state index is 13.0. The van der Waals surface area contributed by atoms with Crippen molar-refractivity contribution in [3.63, 3.8) is 0 Å². The molecular weight excluding hydrogens is 455 g/mol. The summed E-state index contributed by atoms with van der Waals surface area (Å²) in [6, 6.07) is 16.8. The van der Waals surface area contributed by atoms with Gasteiger partial charge in [0.25, 0.3) is 0 Å². The predicted octanol–water partition coefficient (Wildman–Crippen LogP) is 3.33. The van der Waals surface area contributed by atoms with E-state index in [1.54, 1.807) is 12.1 Å². The van der Waals surface area contributed by atoms with E-state index in [2.05, 4.69) is 0 Å². The number of hydrogen-bond donors (Lipinski definition) is 3. The molecule has 0 spiro atoms. The first-order valence-corrected chi connectivity index (χ1v) is 11.6. The lowest BCUT2D eigenvalue weighted by atomic mass is 9.81. The molecule has 0 aromatic heterocycles. The van der Waals surface area contributed by atoms with Crippen LogP contribution in [0.1, 0.15) is 29.6 Å². The van der Waals surface area contributed by atoms with Crippen LogP contribution < -0.4 is 0 Å². The Labute approximate surface area is 196 Å². The highest BCUT2D eigenvalue weighted by molar-refractivity contribution is 6.30. The van der Waals surface area contributed by atoms with Gasteiger partial charge in [0.1, 0.15) is 24.4 Å². The van der Waals surface area contributed by atoms with Crippen molar-refractivity contribution in [2.75, 3.05) is 0 Å². The lowest BCUT2D eigenvalue weighted by Gasteiger charge is -2.37. The molecule has 1 aliphatic carbocycles. The number of hydrogen-bond acceptors (Lipinski definition) is 6. The first-order valence-electron chi connectivity index (χ1n) is 10.7. The van der Waals surface area contributed by atoms with Crippen molar-refractivity contribution in [2.24, 2.45) is 5.92 Å². The van der Waals surface area contributed by atoms with Crippen molar-refractivity contribution >= 4 is 29.2 Å². The fourth-order valence-electron chi connectivity index (χ4n) is 4.42. The Hall–Kier alpha value is -1.67. The van der Waals surface area contributed by atoms with Crippen molar-refractivity contribution in [1.82, 2.24) is 0 Å². The third-order valence-corrected chi connectivity index (χ3v) is 7.40. The maximum Gasteiger partial charge on any atom is 0.338 e. The van der Waals surface area contributed by atoms with E-state index in [-0.39, 0.29) is 16.7 Å². The van der Waals surface area contributed by atoms with Gasteiger partial charge < -0.3 is 24.8 Å². The maximum atomic E-state index is 13.0. The molecule has 32 heavy (non-hydrogen) atoms. The van der Waals surface area contributed by atoms with Crippen molar-refractivity contribution in [3.8, 4) is 11.1 Å². The van der Waals surface area contributed by atoms with Gasteiger partial charge in [-0.3, -0.25) is 0 Å². The van der Waals surface area contributed by atoms with E-state index in [1.807, 2.05) is 42.5 Å². The zero-order valence-corrected chi connectivity index (χ0v) is 18.8. The summed E-state index contributed by atoms with van der Waals surface area (Å²) in [6.45, 7) is 0. The van der Waals surface area contributed by atoms with Crippen LogP contribution >= 0.6 is 23.2 Å². The van der Waals surface area contributed by atoms with Gasteiger partial charge in [-0.05, 0) is 42.5 Å². The van der Waals surface area contributed by atoms with Gasteiger partial charge in [0.2, 0.25) is 0 Å². The van der Waals surface area contributed by atoms with Crippen LogP contribution in [0.25, 0.3) is 11.1 Å². The van der Waals surface area contributed by atoms with Gasteiger partial charge in [-0.2, -0.15) is 0 Å². The standard InChI is InChI=1S/C24H26Cl2O6/c25-17-11-10-16(12-18(17)26)21(22-19(27)20(28)24(30)32-22)31-23(29)15-8-6-14(7-9-15)13-4-2-1-3-5-13/h1-9,16-22,24,27-28,30H,10-12H2/t16?,17?,18?,19-,20+,21+,22-,24?/m0/s1.